The number of methoxy groups -OCH3 is 1. The van der Waals surface area contributed by atoms with Crippen molar-refractivity contribution in [3.63, 3.8) is 0 Å². The lowest BCUT2D eigenvalue weighted by atomic mass is 10.2. The van der Waals surface area contributed by atoms with Gasteiger partial charge in [-0.15, -0.1) is 0 Å². The summed E-state index contributed by atoms with van der Waals surface area (Å²) < 4.78 is 10.7. The quantitative estimate of drug-likeness (QED) is 0.873. The Morgan fingerprint density at radius 3 is 2.68 bits per heavy atom. The van der Waals surface area contributed by atoms with Crippen LogP contribution >= 0.6 is 11.6 Å². The molecule has 2 rings (SSSR count). The van der Waals surface area contributed by atoms with E-state index >= 15 is 0 Å². The number of hydrogen-bond donors (Lipinski definition) is 1. The smallest absolute Gasteiger partial charge is 0.227 e. The van der Waals surface area contributed by atoms with Crippen LogP contribution in [0.5, 0.6) is 11.5 Å². The zero-order valence-electron chi connectivity index (χ0n) is 12.6. The first-order valence-electron chi connectivity index (χ1n) is 6.92. The molecule has 0 aliphatic rings. The topological polar surface area (TPSA) is 47.6 Å². The van der Waals surface area contributed by atoms with E-state index in [2.05, 4.69) is 5.32 Å². The van der Waals surface area contributed by atoms with Crippen molar-refractivity contribution in [1.82, 2.24) is 0 Å². The van der Waals surface area contributed by atoms with Gasteiger partial charge in [-0.25, -0.2) is 0 Å². The number of anilines is 1. The molecule has 0 saturated heterocycles. The van der Waals surface area contributed by atoms with E-state index in [1.807, 2.05) is 37.3 Å². The standard InChI is InChI=1S/C17H18ClNO3/c1-12-7-8-16(21-2)14(11-12)19-17(20)9-10-22-15-6-4-3-5-13(15)18/h3-8,11H,9-10H2,1-2H3,(H,19,20). The summed E-state index contributed by atoms with van der Waals surface area (Å²) in [5.41, 5.74) is 1.70. The molecule has 0 aliphatic carbocycles. The molecule has 0 atom stereocenters. The Labute approximate surface area is 135 Å². The predicted molar refractivity (Wildman–Crippen MR) is 87.9 cm³/mol. The Hall–Kier alpha value is -2.20. The number of para-hydroxylation sites is 1. The van der Waals surface area contributed by atoms with Crippen LogP contribution in [-0.2, 0) is 4.79 Å². The molecule has 2 aromatic carbocycles. The number of halogens is 1. The van der Waals surface area contributed by atoms with Gasteiger partial charge < -0.3 is 14.8 Å². The summed E-state index contributed by atoms with van der Waals surface area (Å²) in [5, 5.41) is 3.36. The van der Waals surface area contributed by atoms with Crippen molar-refractivity contribution in [2.45, 2.75) is 13.3 Å². The van der Waals surface area contributed by atoms with Gasteiger partial charge in [0.15, 0.2) is 0 Å². The maximum absolute atomic E-state index is 12.0. The van der Waals surface area contributed by atoms with E-state index in [1.54, 1.807) is 19.2 Å². The lowest BCUT2D eigenvalue weighted by molar-refractivity contribution is -0.116. The normalized spacial score (nSPS) is 10.1. The number of amides is 1. The van der Waals surface area contributed by atoms with Gasteiger partial charge in [-0.1, -0.05) is 29.8 Å². The van der Waals surface area contributed by atoms with Gasteiger partial charge in [0, 0.05) is 0 Å². The summed E-state index contributed by atoms with van der Waals surface area (Å²) in [7, 11) is 1.57. The number of benzene rings is 2. The van der Waals surface area contributed by atoms with Crippen molar-refractivity contribution in [2.75, 3.05) is 19.0 Å². The highest BCUT2D eigenvalue weighted by Crippen LogP contribution is 2.26. The molecule has 0 saturated carbocycles. The molecule has 0 fully saturated rings. The summed E-state index contributed by atoms with van der Waals surface area (Å²) in [6, 6.07) is 12.8. The van der Waals surface area contributed by atoms with Crippen LogP contribution < -0.4 is 14.8 Å². The minimum atomic E-state index is -0.143. The molecule has 22 heavy (non-hydrogen) atoms. The summed E-state index contributed by atoms with van der Waals surface area (Å²) in [4.78, 5) is 12.0. The molecule has 0 heterocycles. The van der Waals surface area contributed by atoms with E-state index in [0.717, 1.165) is 5.56 Å². The summed E-state index contributed by atoms with van der Waals surface area (Å²) >= 11 is 5.98. The number of carbonyl (C=O) groups is 1. The SMILES string of the molecule is COc1ccc(C)cc1NC(=O)CCOc1ccccc1Cl. The third-order valence-electron chi connectivity index (χ3n) is 3.05. The first-order chi connectivity index (χ1) is 10.6. The molecule has 1 amide bonds. The maximum atomic E-state index is 12.0. The minimum absolute atomic E-state index is 0.143. The van der Waals surface area contributed by atoms with E-state index in [-0.39, 0.29) is 18.9 Å². The fraction of sp³-hybridized carbons (Fsp3) is 0.235. The van der Waals surface area contributed by atoms with E-state index in [1.165, 1.54) is 0 Å². The van der Waals surface area contributed by atoms with Gasteiger partial charge in [0.25, 0.3) is 0 Å². The molecule has 0 radical (unpaired) electrons. The Kier molecular flexibility index (Phi) is 5.67. The van der Waals surface area contributed by atoms with E-state index in [0.29, 0.717) is 22.2 Å². The first kappa shape index (κ1) is 16.2. The van der Waals surface area contributed by atoms with Gasteiger partial charge in [-0.2, -0.15) is 0 Å². The average molecular weight is 320 g/mol. The summed E-state index contributed by atoms with van der Waals surface area (Å²) in [6.45, 7) is 2.21. The van der Waals surface area contributed by atoms with Gasteiger partial charge in [0.05, 0.1) is 30.8 Å². The fourth-order valence-corrected chi connectivity index (χ4v) is 2.14. The van der Waals surface area contributed by atoms with Crippen molar-refractivity contribution in [3.8, 4) is 11.5 Å². The minimum Gasteiger partial charge on any atom is -0.495 e. The van der Waals surface area contributed by atoms with Crippen LogP contribution in [0.1, 0.15) is 12.0 Å². The van der Waals surface area contributed by atoms with Crippen LogP contribution in [0.15, 0.2) is 42.5 Å². The maximum Gasteiger partial charge on any atom is 0.227 e. The molecule has 0 bridgehead atoms. The Morgan fingerprint density at radius 1 is 1.18 bits per heavy atom. The van der Waals surface area contributed by atoms with Crippen molar-refractivity contribution in [1.29, 1.82) is 0 Å². The lowest BCUT2D eigenvalue weighted by Gasteiger charge is -2.11. The average Bonchev–Trinajstić information content (AvgIpc) is 2.49. The molecule has 0 aliphatic heterocycles. The second kappa shape index (κ2) is 7.71. The molecule has 0 aromatic heterocycles. The molecule has 1 N–H and O–H groups in total. The predicted octanol–water partition coefficient (Wildman–Crippen LogP) is 4.06. The lowest BCUT2D eigenvalue weighted by Crippen LogP contribution is -2.15. The summed E-state index contributed by atoms with van der Waals surface area (Å²) in [6.07, 6.45) is 0.225. The highest BCUT2D eigenvalue weighted by molar-refractivity contribution is 6.32. The molecular weight excluding hydrogens is 302 g/mol. The monoisotopic (exact) mass is 319 g/mol. The van der Waals surface area contributed by atoms with Crippen molar-refractivity contribution in [2.24, 2.45) is 0 Å². The molecule has 0 unspecified atom stereocenters. The number of hydrogen-bond acceptors (Lipinski definition) is 3. The Balaban J connectivity index is 1.88. The van der Waals surface area contributed by atoms with Crippen LogP contribution in [-0.4, -0.2) is 19.6 Å². The van der Waals surface area contributed by atoms with Crippen molar-refractivity contribution >= 4 is 23.2 Å². The van der Waals surface area contributed by atoms with Gasteiger partial charge in [0.2, 0.25) is 5.91 Å². The Bertz CT molecular complexity index is 658. The van der Waals surface area contributed by atoms with Gasteiger partial charge >= 0.3 is 0 Å². The molecule has 4 nitrogen and oxygen atoms in total. The fourth-order valence-electron chi connectivity index (χ4n) is 1.95. The summed E-state index contributed by atoms with van der Waals surface area (Å²) in [5.74, 6) is 1.06. The van der Waals surface area contributed by atoms with Crippen LogP contribution in [0.2, 0.25) is 5.02 Å². The number of ether oxygens (including phenoxy) is 2. The zero-order valence-corrected chi connectivity index (χ0v) is 13.3. The van der Waals surface area contributed by atoms with Crippen LogP contribution in [0, 0.1) is 6.92 Å². The number of aryl methyl sites for hydroxylation is 1. The second-order valence-corrected chi connectivity index (χ2v) is 5.19. The van der Waals surface area contributed by atoms with Crippen LogP contribution in [0.3, 0.4) is 0 Å². The first-order valence-corrected chi connectivity index (χ1v) is 7.30. The van der Waals surface area contributed by atoms with Gasteiger partial charge in [-0.3, -0.25) is 4.79 Å². The molecule has 0 spiro atoms. The van der Waals surface area contributed by atoms with Crippen LogP contribution in [0.4, 0.5) is 5.69 Å². The zero-order chi connectivity index (χ0) is 15.9. The third-order valence-corrected chi connectivity index (χ3v) is 3.36. The van der Waals surface area contributed by atoms with E-state index < -0.39 is 0 Å². The van der Waals surface area contributed by atoms with E-state index in [9.17, 15) is 4.79 Å². The van der Waals surface area contributed by atoms with Gasteiger partial charge in [-0.05, 0) is 36.8 Å². The highest BCUT2D eigenvalue weighted by Gasteiger charge is 2.08. The Morgan fingerprint density at radius 2 is 1.95 bits per heavy atom. The number of carbonyl (C=O) groups excluding carboxylic acids is 1. The molecule has 5 heteroatoms. The van der Waals surface area contributed by atoms with Crippen molar-refractivity contribution < 1.29 is 14.3 Å². The van der Waals surface area contributed by atoms with Gasteiger partial charge in [0.1, 0.15) is 11.5 Å². The molecule has 116 valence electrons. The largest absolute Gasteiger partial charge is 0.495 e. The third kappa shape index (κ3) is 4.40. The molecule has 2 aromatic rings. The van der Waals surface area contributed by atoms with Crippen molar-refractivity contribution in [3.05, 3.63) is 53.1 Å². The number of rotatable bonds is 6. The van der Waals surface area contributed by atoms with Crippen LogP contribution in [0.25, 0.3) is 0 Å². The van der Waals surface area contributed by atoms with E-state index in [4.69, 9.17) is 21.1 Å². The number of nitrogens with one attached hydrogen (secondary N) is 1. The highest BCUT2D eigenvalue weighted by atomic mass is 35.5. The second-order valence-electron chi connectivity index (χ2n) is 4.78. The molecular formula is C17H18ClNO3.